The van der Waals surface area contributed by atoms with Crippen LogP contribution in [-0.2, 0) is 9.53 Å². The minimum Gasteiger partial charge on any atom is -0.452 e. The van der Waals surface area contributed by atoms with Crippen LogP contribution in [0.15, 0.2) is 91.0 Å². The Balaban J connectivity index is 1.75. The molecule has 1 N–H and O–H groups in total. The molecule has 0 aliphatic heterocycles. The minimum atomic E-state index is -0.874. The molecule has 126 valence electrons. The van der Waals surface area contributed by atoms with Crippen molar-refractivity contribution in [2.45, 2.75) is 18.6 Å². The molecule has 0 bridgehead atoms. The van der Waals surface area contributed by atoms with Gasteiger partial charge in [-0.1, -0.05) is 91.0 Å². The van der Waals surface area contributed by atoms with Crippen molar-refractivity contribution in [3.05, 3.63) is 108 Å². The van der Waals surface area contributed by atoms with Crippen LogP contribution >= 0.6 is 0 Å². The van der Waals surface area contributed by atoms with Gasteiger partial charge < -0.3 is 9.84 Å². The van der Waals surface area contributed by atoms with E-state index >= 15 is 0 Å². The van der Waals surface area contributed by atoms with Gasteiger partial charge in [-0.25, -0.2) is 0 Å². The molecule has 3 nitrogen and oxygen atoms in total. The Morgan fingerprint density at radius 2 is 1.12 bits per heavy atom. The molecule has 0 saturated carbocycles. The van der Waals surface area contributed by atoms with E-state index in [-0.39, 0.29) is 6.42 Å². The first kappa shape index (κ1) is 16.9. The third-order valence-corrected chi connectivity index (χ3v) is 4.00. The number of rotatable bonds is 6. The molecule has 1 atom stereocenters. The Labute approximate surface area is 147 Å². The highest BCUT2D eigenvalue weighted by Gasteiger charge is 2.21. The lowest BCUT2D eigenvalue weighted by Crippen LogP contribution is -2.15. The summed E-state index contributed by atoms with van der Waals surface area (Å²) in [5.74, 6) is -0.436. The molecule has 0 spiro atoms. The van der Waals surface area contributed by atoms with E-state index in [0.717, 1.165) is 11.1 Å². The van der Waals surface area contributed by atoms with E-state index in [1.165, 1.54) is 0 Å². The maximum absolute atomic E-state index is 12.4. The lowest BCUT2D eigenvalue weighted by Gasteiger charge is -2.20. The second-order valence-corrected chi connectivity index (χ2v) is 5.82. The first-order valence-corrected chi connectivity index (χ1v) is 8.26. The average molecular weight is 332 g/mol. The van der Waals surface area contributed by atoms with Crippen molar-refractivity contribution in [2.75, 3.05) is 0 Å². The third kappa shape index (κ3) is 4.55. The molecule has 0 heterocycles. The predicted octanol–water partition coefficient (Wildman–Crippen LogP) is 4.44. The molecule has 3 aromatic carbocycles. The molecule has 0 radical (unpaired) electrons. The van der Waals surface area contributed by atoms with Crippen LogP contribution in [0.2, 0.25) is 0 Å². The van der Waals surface area contributed by atoms with E-state index in [1.807, 2.05) is 78.9 Å². The Morgan fingerprint density at radius 3 is 1.56 bits per heavy atom. The highest BCUT2D eigenvalue weighted by atomic mass is 16.5. The van der Waals surface area contributed by atoms with E-state index in [1.54, 1.807) is 12.1 Å². The molecule has 0 aliphatic carbocycles. The van der Waals surface area contributed by atoms with Crippen LogP contribution in [0.25, 0.3) is 0 Å². The summed E-state index contributed by atoms with van der Waals surface area (Å²) in [6.07, 6.45) is -1.45. The molecular formula is C22H20O3. The number of benzene rings is 3. The van der Waals surface area contributed by atoms with Gasteiger partial charge in [0.25, 0.3) is 0 Å². The number of ether oxygens (including phenoxy) is 1. The molecule has 3 aromatic rings. The van der Waals surface area contributed by atoms with E-state index in [0.29, 0.717) is 5.56 Å². The van der Waals surface area contributed by atoms with Crippen molar-refractivity contribution in [1.82, 2.24) is 0 Å². The Kier molecular flexibility index (Phi) is 5.60. The van der Waals surface area contributed by atoms with Crippen LogP contribution in [0.5, 0.6) is 0 Å². The molecule has 25 heavy (non-hydrogen) atoms. The third-order valence-electron chi connectivity index (χ3n) is 4.00. The SMILES string of the molecule is O=C(C[C@H](O)c1ccccc1)OC(c1ccccc1)c1ccccc1. The summed E-state index contributed by atoms with van der Waals surface area (Å²) in [6.45, 7) is 0. The van der Waals surface area contributed by atoms with Crippen LogP contribution in [0, 0.1) is 0 Å². The van der Waals surface area contributed by atoms with Gasteiger partial charge in [0.2, 0.25) is 0 Å². The smallest absolute Gasteiger partial charge is 0.309 e. The van der Waals surface area contributed by atoms with Crippen molar-refractivity contribution in [3.8, 4) is 0 Å². The van der Waals surface area contributed by atoms with Gasteiger partial charge >= 0.3 is 5.97 Å². The van der Waals surface area contributed by atoms with Crippen LogP contribution in [-0.4, -0.2) is 11.1 Å². The maximum atomic E-state index is 12.4. The average Bonchev–Trinajstić information content (AvgIpc) is 2.68. The Hall–Kier alpha value is -2.91. The summed E-state index contributed by atoms with van der Waals surface area (Å²) in [7, 11) is 0. The summed E-state index contributed by atoms with van der Waals surface area (Å²) in [5, 5.41) is 10.2. The van der Waals surface area contributed by atoms with Gasteiger partial charge in [0, 0.05) is 0 Å². The molecule has 0 aromatic heterocycles. The standard InChI is InChI=1S/C22H20O3/c23-20(17-10-4-1-5-11-17)16-21(24)25-22(18-12-6-2-7-13-18)19-14-8-3-9-15-19/h1-15,20,22-23H,16H2/t20-/m0/s1. The molecular weight excluding hydrogens is 312 g/mol. The molecule has 0 fully saturated rings. The predicted molar refractivity (Wildman–Crippen MR) is 96.8 cm³/mol. The highest BCUT2D eigenvalue weighted by molar-refractivity contribution is 5.71. The van der Waals surface area contributed by atoms with Gasteiger partial charge in [0.1, 0.15) is 0 Å². The molecule has 0 aliphatic rings. The van der Waals surface area contributed by atoms with Gasteiger partial charge in [-0.05, 0) is 16.7 Å². The monoisotopic (exact) mass is 332 g/mol. The van der Waals surface area contributed by atoms with Crippen LogP contribution in [0.4, 0.5) is 0 Å². The van der Waals surface area contributed by atoms with Crippen molar-refractivity contribution in [1.29, 1.82) is 0 Å². The molecule has 3 rings (SSSR count). The number of aliphatic hydroxyl groups is 1. The zero-order valence-corrected chi connectivity index (χ0v) is 13.8. The number of carbonyl (C=O) groups excluding carboxylic acids is 1. The van der Waals surface area contributed by atoms with Gasteiger partial charge in [-0.2, -0.15) is 0 Å². The largest absolute Gasteiger partial charge is 0.452 e. The first-order chi connectivity index (χ1) is 12.2. The second-order valence-electron chi connectivity index (χ2n) is 5.82. The summed E-state index contributed by atoms with van der Waals surface area (Å²) >= 11 is 0. The molecule has 3 heteroatoms. The lowest BCUT2D eigenvalue weighted by molar-refractivity contribution is -0.149. The maximum Gasteiger partial charge on any atom is 0.309 e. The number of esters is 1. The van der Waals surface area contributed by atoms with Crippen molar-refractivity contribution in [2.24, 2.45) is 0 Å². The fraction of sp³-hybridized carbons (Fsp3) is 0.136. The zero-order chi connectivity index (χ0) is 17.5. The quantitative estimate of drug-likeness (QED) is 0.679. The van der Waals surface area contributed by atoms with E-state index in [4.69, 9.17) is 4.74 Å². The summed E-state index contributed by atoms with van der Waals surface area (Å²) in [5.41, 5.74) is 2.50. The summed E-state index contributed by atoms with van der Waals surface area (Å²) in [4.78, 5) is 12.4. The molecule has 0 saturated heterocycles. The number of carbonyl (C=O) groups is 1. The minimum absolute atomic E-state index is 0.0832. The fourth-order valence-electron chi connectivity index (χ4n) is 2.71. The Bertz CT molecular complexity index is 746. The number of hydrogen-bond donors (Lipinski definition) is 1. The van der Waals surface area contributed by atoms with E-state index in [2.05, 4.69) is 0 Å². The second kappa shape index (κ2) is 8.27. The van der Waals surface area contributed by atoms with Crippen LogP contribution < -0.4 is 0 Å². The number of aliphatic hydroxyl groups excluding tert-OH is 1. The van der Waals surface area contributed by atoms with Gasteiger partial charge in [-0.3, -0.25) is 4.79 Å². The van der Waals surface area contributed by atoms with Gasteiger partial charge in [-0.15, -0.1) is 0 Å². The van der Waals surface area contributed by atoms with E-state index in [9.17, 15) is 9.90 Å². The van der Waals surface area contributed by atoms with Crippen molar-refractivity contribution in [3.63, 3.8) is 0 Å². The molecule has 0 unspecified atom stereocenters. The van der Waals surface area contributed by atoms with E-state index < -0.39 is 18.2 Å². The normalized spacial score (nSPS) is 11.9. The lowest BCUT2D eigenvalue weighted by atomic mass is 10.0. The fourth-order valence-corrected chi connectivity index (χ4v) is 2.71. The summed E-state index contributed by atoms with van der Waals surface area (Å²) in [6, 6.07) is 28.4. The van der Waals surface area contributed by atoms with Crippen LogP contribution in [0.1, 0.15) is 35.3 Å². The number of hydrogen-bond acceptors (Lipinski definition) is 3. The molecule has 0 amide bonds. The van der Waals surface area contributed by atoms with Crippen LogP contribution in [0.3, 0.4) is 0 Å². The first-order valence-electron chi connectivity index (χ1n) is 8.26. The topological polar surface area (TPSA) is 46.5 Å². The van der Waals surface area contributed by atoms with Gasteiger partial charge in [0.05, 0.1) is 12.5 Å². The van der Waals surface area contributed by atoms with Gasteiger partial charge in [0.15, 0.2) is 6.10 Å². The van der Waals surface area contributed by atoms with Crippen molar-refractivity contribution < 1.29 is 14.6 Å². The highest BCUT2D eigenvalue weighted by Crippen LogP contribution is 2.27. The Morgan fingerprint density at radius 1 is 0.720 bits per heavy atom. The zero-order valence-electron chi connectivity index (χ0n) is 13.8. The summed E-state index contributed by atoms with van der Waals surface area (Å²) < 4.78 is 5.72. The van der Waals surface area contributed by atoms with Crippen molar-refractivity contribution >= 4 is 5.97 Å².